The number of rotatable bonds is 3. The lowest BCUT2D eigenvalue weighted by atomic mass is 9.77. The lowest BCUT2D eigenvalue weighted by molar-refractivity contribution is -0.127. The molecule has 1 aliphatic carbocycles. The van der Waals surface area contributed by atoms with Crippen LogP contribution in [0.5, 0.6) is 0 Å². The molecule has 0 radical (unpaired) electrons. The zero-order valence-corrected chi connectivity index (χ0v) is 21.5. The normalized spacial score (nSPS) is 23.4. The summed E-state index contributed by atoms with van der Waals surface area (Å²) in [5.74, 6) is -4.16. The number of hydrogen-bond acceptors (Lipinski definition) is 5. The Balaban J connectivity index is 1.42. The number of Topliss-reactive ketones (excluding diaryl/α,β-unsaturated/α-hetero) is 2. The summed E-state index contributed by atoms with van der Waals surface area (Å²) in [5.41, 5.74) is 0.569. The van der Waals surface area contributed by atoms with Gasteiger partial charge in [-0.05, 0) is 28.5 Å². The van der Waals surface area contributed by atoms with E-state index in [1.54, 1.807) is 36.4 Å². The number of carbonyl (C=O) groups excluding carboxylic acids is 4. The first kappa shape index (κ1) is 23.7. The number of benzene rings is 4. The molecule has 4 aromatic carbocycles. The molecule has 1 spiro atoms. The van der Waals surface area contributed by atoms with Gasteiger partial charge in [-0.1, -0.05) is 98.8 Å². The van der Waals surface area contributed by atoms with Gasteiger partial charge in [0.05, 0.1) is 23.6 Å². The Kier molecular flexibility index (Phi) is 5.03. The van der Waals surface area contributed by atoms with Crippen molar-refractivity contribution in [3.63, 3.8) is 0 Å². The molecule has 3 aliphatic rings. The molecule has 2 heterocycles. The second-order valence-corrected chi connectivity index (χ2v) is 10.8. The van der Waals surface area contributed by atoms with Gasteiger partial charge in [0.15, 0.2) is 0 Å². The number of imide groups is 1. The highest BCUT2D eigenvalue weighted by atomic mass is 16.5. The van der Waals surface area contributed by atoms with Gasteiger partial charge in [-0.15, -0.1) is 0 Å². The molecule has 2 saturated heterocycles. The van der Waals surface area contributed by atoms with Crippen LogP contribution in [-0.4, -0.2) is 29.0 Å². The maximum Gasteiger partial charge on any atom is 0.241 e. The third kappa shape index (κ3) is 3.06. The molecule has 3 atom stereocenters. The van der Waals surface area contributed by atoms with E-state index in [-0.39, 0.29) is 11.1 Å². The minimum atomic E-state index is -2.08. The fraction of sp³-hybridized carbons (Fsp3) is 0.212. The molecule has 2 aliphatic heterocycles. The van der Waals surface area contributed by atoms with E-state index in [9.17, 15) is 19.2 Å². The van der Waals surface area contributed by atoms with Crippen molar-refractivity contribution in [1.82, 2.24) is 0 Å². The molecule has 0 unspecified atom stereocenters. The number of anilines is 1. The van der Waals surface area contributed by atoms with E-state index in [4.69, 9.17) is 4.74 Å². The average Bonchev–Trinajstić information content (AvgIpc) is 3.52. The summed E-state index contributed by atoms with van der Waals surface area (Å²) in [4.78, 5) is 57.6. The summed E-state index contributed by atoms with van der Waals surface area (Å²) >= 11 is 0. The average molecular weight is 516 g/mol. The van der Waals surface area contributed by atoms with Gasteiger partial charge in [0, 0.05) is 16.5 Å². The SMILES string of the molecule is CC(C)c1ccc([C@@H]2OC3(C(=O)c4ccccc4C3=O)[C@@H]3C(=O)N(c4cccc5ccccc45)C(=O)[C@@H]32)cc1. The number of amides is 2. The van der Waals surface area contributed by atoms with Crippen LogP contribution in [0.15, 0.2) is 91.0 Å². The Bertz CT molecular complexity index is 1680. The van der Waals surface area contributed by atoms with Crippen molar-refractivity contribution in [2.45, 2.75) is 31.5 Å². The van der Waals surface area contributed by atoms with Crippen molar-refractivity contribution in [3.8, 4) is 0 Å². The number of ether oxygens (including phenoxy) is 1. The van der Waals surface area contributed by atoms with Crippen LogP contribution < -0.4 is 4.90 Å². The lowest BCUT2D eigenvalue weighted by Gasteiger charge is -2.27. The number of nitrogens with zero attached hydrogens (tertiary/aromatic N) is 1. The van der Waals surface area contributed by atoms with Crippen LogP contribution in [0, 0.1) is 11.8 Å². The molecule has 7 rings (SSSR count). The molecular formula is C33H25NO5. The van der Waals surface area contributed by atoms with Crippen LogP contribution in [0.4, 0.5) is 5.69 Å². The topological polar surface area (TPSA) is 80.8 Å². The Hall–Kier alpha value is -4.42. The highest BCUT2D eigenvalue weighted by Gasteiger charge is 2.74. The van der Waals surface area contributed by atoms with Crippen LogP contribution in [0.25, 0.3) is 10.8 Å². The Morgan fingerprint density at radius 1 is 0.718 bits per heavy atom. The van der Waals surface area contributed by atoms with Crippen molar-refractivity contribution in [1.29, 1.82) is 0 Å². The van der Waals surface area contributed by atoms with Crippen molar-refractivity contribution < 1.29 is 23.9 Å². The van der Waals surface area contributed by atoms with Gasteiger partial charge >= 0.3 is 0 Å². The van der Waals surface area contributed by atoms with E-state index in [2.05, 4.69) is 13.8 Å². The highest BCUT2D eigenvalue weighted by Crippen LogP contribution is 2.58. The summed E-state index contributed by atoms with van der Waals surface area (Å²) < 4.78 is 6.42. The van der Waals surface area contributed by atoms with Crippen LogP contribution in [0.2, 0.25) is 0 Å². The van der Waals surface area contributed by atoms with Gasteiger partial charge in [0.25, 0.3) is 0 Å². The summed E-state index contributed by atoms with van der Waals surface area (Å²) in [6.45, 7) is 4.17. The molecule has 4 aromatic rings. The van der Waals surface area contributed by atoms with Gasteiger partial charge in [0.1, 0.15) is 0 Å². The van der Waals surface area contributed by atoms with E-state index < -0.39 is 46.9 Å². The van der Waals surface area contributed by atoms with Crippen molar-refractivity contribution in [2.24, 2.45) is 11.8 Å². The third-order valence-electron chi connectivity index (χ3n) is 8.46. The smallest absolute Gasteiger partial charge is 0.241 e. The van der Waals surface area contributed by atoms with E-state index in [0.29, 0.717) is 17.2 Å². The monoisotopic (exact) mass is 515 g/mol. The number of carbonyl (C=O) groups is 4. The van der Waals surface area contributed by atoms with E-state index >= 15 is 0 Å². The zero-order valence-electron chi connectivity index (χ0n) is 21.5. The number of fused-ring (bicyclic) bond motifs is 4. The molecule has 2 fully saturated rings. The number of hydrogen-bond donors (Lipinski definition) is 0. The Morgan fingerprint density at radius 3 is 2.00 bits per heavy atom. The van der Waals surface area contributed by atoms with Gasteiger partial charge in [0.2, 0.25) is 29.0 Å². The van der Waals surface area contributed by atoms with E-state index in [1.165, 1.54) is 4.90 Å². The number of ketones is 2. The predicted molar refractivity (Wildman–Crippen MR) is 146 cm³/mol. The first-order chi connectivity index (χ1) is 18.8. The minimum absolute atomic E-state index is 0.223. The molecular weight excluding hydrogens is 490 g/mol. The second-order valence-electron chi connectivity index (χ2n) is 10.8. The van der Waals surface area contributed by atoms with Gasteiger partial charge in [-0.3, -0.25) is 19.2 Å². The van der Waals surface area contributed by atoms with Gasteiger partial charge in [-0.25, -0.2) is 4.90 Å². The predicted octanol–water partition coefficient (Wildman–Crippen LogP) is 5.66. The summed E-state index contributed by atoms with van der Waals surface area (Å²) in [6.07, 6.45) is -0.935. The Morgan fingerprint density at radius 2 is 1.33 bits per heavy atom. The lowest BCUT2D eigenvalue weighted by Crippen LogP contribution is -2.51. The molecule has 0 N–H and O–H groups in total. The molecule has 6 nitrogen and oxygen atoms in total. The molecule has 0 bridgehead atoms. The van der Waals surface area contributed by atoms with E-state index in [0.717, 1.165) is 16.3 Å². The van der Waals surface area contributed by atoms with Crippen LogP contribution >= 0.6 is 0 Å². The standard InChI is InChI=1S/C33H25NO5/c1-18(2)19-14-16-21(17-15-19)28-26-27(33(39-28)29(35)23-11-5-6-12-24(23)30(33)36)32(38)34(31(26)37)25-13-7-9-20-8-3-4-10-22(20)25/h3-18,26-28H,1-2H3/t26-,27-,28-/m0/s1. The summed E-state index contributed by atoms with van der Waals surface area (Å²) in [6, 6.07) is 27.1. The summed E-state index contributed by atoms with van der Waals surface area (Å²) in [7, 11) is 0. The van der Waals surface area contributed by atoms with Gasteiger partial charge < -0.3 is 4.74 Å². The van der Waals surface area contributed by atoms with Crippen molar-refractivity contribution in [3.05, 3.63) is 113 Å². The highest BCUT2D eigenvalue weighted by molar-refractivity contribution is 6.37. The van der Waals surface area contributed by atoms with Crippen LogP contribution in [0.3, 0.4) is 0 Å². The van der Waals surface area contributed by atoms with Crippen molar-refractivity contribution in [2.75, 3.05) is 4.90 Å². The van der Waals surface area contributed by atoms with E-state index in [1.807, 2.05) is 54.6 Å². The first-order valence-electron chi connectivity index (χ1n) is 13.2. The molecule has 0 aromatic heterocycles. The maximum atomic E-state index is 14.3. The molecule has 192 valence electrons. The minimum Gasteiger partial charge on any atom is -0.349 e. The molecule has 6 heteroatoms. The largest absolute Gasteiger partial charge is 0.349 e. The molecule has 39 heavy (non-hydrogen) atoms. The molecule has 0 saturated carbocycles. The maximum absolute atomic E-state index is 14.3. The zero-order chi connectivity index (χ0) is 27.1. The van der Waals surface area contributed by atoms with Crippen LogP contribution in [-0.2, 0) is 14.3 Å². The van der Waals surface area contributed by atoms with Gasteiger partial charge in [-0.2, -0.15) is 0 Å². The Labute approximate surface area is 225 Å². The summed E-state index contributed by atoms with van der Waals surface area (Å²) in [5, 5.41) is 1.61. The first-order valence-corrected chi connectivity index (χ1v) is 13.2. The fourth-order valence-electron chi connectivity index (χ4n) is 6.53. The quantitative estimate of drug-likeness (QED) is 0.260. The molecule has 2 amide bonds. The fourth-order valence-corrected chi connectivity index (χ4v) is 6.53. The van der Waals surface area contributed by atoms with Crippen LogP contribution in [0.1, 0.15) is 57.7 Å². The second kappa shape index (κ2) is 8.29. The third-order valence-corrected chi connectivity index (χ3v) is 8.46. The van der Waals surface area contributed by atoms with Crippen molar-refractivity contribution >= 4 is 39.8 Å².